The van der Waals surface area contributed by atoms with E-state index in [-0.39, 0.29) is 24.7 Å². The highest BCUT2D eigenvalue weighted by atomic mass is 16.5. The van der Waals surface area contributed by atoms with E-state index in [4.69, 9.17) is 4.74 Å². The molecule has 0 atom stereocenters. The number of rotatable bonds is 7. The molecule has 0 unspecified atom stereocenters. The van der Waals surface area contributed by atoms with Crippen LogP contribution in [-0.2, 0) is 14.3 Å². The molecule has 0 spiro atoms. The van der Waals surface area contributed by atoms with Crippen LogP contribution < -0.4 is 10.9 Å². The van der Waals surface area contributed by atoms with E-state index in [1.807, 2.05) is 13.8 Å². The Hall–Kier alpha value is -3.30. The topological polar surface area (TPSA) is 129 Å². The lowest BCUT2D eigenvalue weighted by molar-refractivity contribution is -0.144. The molecule has 0 radical (unpaired) electrons. The zero-order valence-electron chi connectivity index (χ0n) is 16.6. The Balaban J connectivity index is 2.30. The SMILES string of the molecule is CCOC(=O)CC(=O)/C=C/C1=Nc2c(nc(/N=C/N(C)C)[nH]c2=O)NC1(C)C. The molecule has 1 aromatic rings. The van der Waals surface area contributed by atoms with E-state index in [2.05, 4.69) is 25.3 Å². The number of hydrogen-bond acceptors (Lipinski definition) is 8. The molecule has 2 N–H and O–H groups in total. The fourth-order valence-electron chi connectivity index (χ4n) is 2.33. The second kappa shape index (κ2) is 8.59. The first kappa shape index (κ1) is 21.0. The summed E-state index contributed by atoms with van der Waals surface area (Å²) in [5.41, 5.74) is -0.603. The van der Waals surface area contributed by atoms with Gasteiger partial charge in [0.05, 0.1) is 24.2 Å². The van der Waals surface area contributed by atoms with Gasteiger partial charge in [-0.25, -0.2) is 9.98 Å². The number of anilines is 1. The van der Waals surface area contributed by atoms with Crippen molar-refractivity contribution in [3.05, 3.63) is 22.5 Å². The van der Waals surface area contributed by atoms with Crippen molar-refractivity contribution < 1.29 is 14.3 Å². The maximum Gasteiger partial charge on any atom is 0.313 e. The van der Waals surface area contributed by atoms with Crippen LogP contribution in [0.3, 0.4) is 0 Å². The number of nitrogens with zero attached hydrogens (tertiary/aromatic N) is 4. The van der Waals surface area contributed by atoms with E-state index in [0.29, 0.717) is 11.5 Å². The van der Waals surface area contributed by atoms with Crippen LogP contribution in [0.15, 0.2) is 26.9 Å². The molecule has 1 aromatic heterocycles. The average molecular weight is 388 g/mol. The van der Waals surface area contributed by atoms with Crippen LogP contribution >= 0.6 is 0 Å². The third-order valence-corrected chi connectivity index (χ3v) is 3.65. The van der Waals surface area contributed by atoms with Gasteiger partial charge in [-0.1, -0.05) is 0 Å². The Bertz CT molecular complexity index is 911. The van der Waals surface area contributed by atoms with Gasteiger partial charge in [0.2, 0.25) is 5.95 Å². The largest absolute Gasteiger partial charge is 0.466 e. The highest BCUT2D eigenvalue weighted by Crippen LogP contribution is 2.30. The normalized spacial score (nSPS) is 15.1. The lowest BCUT2D eigenvalue weighted by Crippen LogP contribution is -2.42. The first-order valence-corrected chi connectivity index (χ1v) is 8.71. The maximum absolute atomic E-state index is 12.4. The van der Waals surface area contributed by atoms with Crippen molar-refractivity contribution in [2.24, 2.45) is 9.98 Å². The fourth-order valence-corrected chi connectivity index (χ4v) is 2.33. The molecule has 150 valence electrons. The number of aromatic nitrogens is 2. The highest BCUT2D eigenvalue weighted by Gasteiger charge is 2.31. The van der Waals surface area contributed by atoms with Gasteiger partial charge in [-0.05, 0) is 32.9 Å². The molecule has 0 bridgehead atoms. The summed E-state index contributed by atoms with van der Waals surface area (Å²) in [4.78, 5) is 52.6. The van der Waals surface area contributed by atoms with Crippen molar-refractivity contribution in [3.63, 3.8) is 0 Å². The molecule has 0 amide bonds. The number of allylic oxidation sites excluding steroid dienone is 1. The van der Waals surface area contributed by atoms with E-state index in [0.717, 1.165) is 0 Å². The number of nitrogens with one attached hydrogen (secondary N) is 2. The number of hydrogen-bond donors (Lipinski definition) is 2. The number of aliphatic imine (C=N–C) groups is 2. The van der Waals surface area contributed by atoms with Gasteiger partial charge >= 0.3 is 5.97 Å². The molecule has 0 aromatic carbocycles. The van der Waals surface area contributed by atoms with Crippen LogP contribution in [0.4, 0.5) is 17.5 Å². The van der Waals surface area contributed by atoms with Gasteiger partial charge in [-0.15, -0.1) is 0 Å². The van der Waals surface area contributed by atoms with Crippen LogP contribution in [0.2, 0.25) is 0 Å². The minimum Gasteiger partial charge on any atom is -0.466 e. The van der Waals surface area contributed by atoms with E-state index < -0.39 is 22.9 Å². The molecule has 2 rings (SSSR count). The average Bonchev–Trinajstić information content (AvgIpc) is 2.57. The van der Waals surface area contributed by atoms with E-state index in [9.17, 15) is 14.4 Å². The number of carbonyl (C=O) groups is 2. The summed E-state index contributed by atoms with van der Waals surface area (Å²) in [6, 6.07) is 0. The number of esters is 1. The summed E-state index contributed by atoms with van der Waals surface area (Å²) in [6.07, 6.45) is 3.90. The standard InChI is InChI=1S/C18H24N6O4/c1-6-28-13(26)9-11(25)7-8-12-18(2,3)23-15-14(20-12)16(27)22-17(21-15)19-10-24(4)5/h7-8,10H,6,9H2,1-5H3,(H2,21,22,23,27)/b8-7+,19-10+. The Morgan fingerprint density at radius 1 is 1.32 bits per heavy atom. The number of H-pyrrole nitrogens is 1. The Morgan fingerprint density at radius 3 is 2.68 bits per heavy atom. The fraction of sp³-hybridized carbons (Fsp3) is 0.444. The van der Waals surface area contributed by atoms with Gasteiger partial charge in [0.1, 0.15) is 6.42 Å². The first-order chi connectivity index (χ1) is 13.1. The van der Waals surface area contributed by atoms with Crippen LogP contribution in [0, 0.1) is 0 Å². The third kappa shape index (κ3) is 5.35. The molecule has 0 aliphatic carbocycles. The van der Waals surface area contributed by atoms with Crippen LogP contribution in [0.5, 0.6) is 0 Å². The number of ether oxygens (including phenoxy) is 1. The monoisotopic (exact) mass is 388 g/mol. The van der Waals surface area contributed by atoms with Crippen molar-refractivity contribution in [1.29, 1.82) is 0 Å². The lowest BCUT2D eigenvalue weighted by atomic mass is 9.95. The quantitative estimate of drug-likeness (QED) is 0.237. The minimum atomic E-state index is -0.697. The number of ketones is 1. The lowest BCUT2D eigenvalue weighted by Gasteiger charge is -2.31. The van der Waals surface area contributed by atoms with Crippen LogP contribution in [0.25, 0.3) is 0 Å². The van der Waals surface area contributed by atoms with Crippen molar-refractivity contribution in [2.75, 3.05) is 26.0 Å². The molecule has 10 heteroatoms. The van der Waals surface area contributed by atoms with Crippen molar-refractivity contribution in [1.82, 2.24) is 14.9 Å². The molecule has 10 nitrogen and oxygen atoms in total. The Labute approximate surface area is 162 Å². The Kier molecular flexibility index (Phi) is 6.45. The molecule has 1 aliphatic rings. The second-order valence-corrected chi connectivity index (χ2v) is 6.82. The number of fused-ring (bicyclic) bond motifs is 1. The molecular formula is C18H24N6O4. The van der Waals surface area contributed by atoms with Gasteiger partial charge in [-0.2, -0.15) is 4.98 Å². The molecule has 2 heterocycles. The molecule has 0 saturated heterocycles. The number of aromatic amines is 1. The van der Waals surface area contributed by atoms with Crippen molar-refractivity contribution >= 4 is 41.3 Å². The summed E-state index contributed by atoms with van der Waals surface area (Å²) in [5.74, 6) is -0.547. The summed E-state index contributed by atoms with van der Waals surface area (Å²) in [6.45, 7) is 5.55. The Morgan fingerprint density at radius 2 is 2.04 bits per heavy atom. The van der Waals surface area contributed by atoms with Gasteiger partial charge in [0.25, 0.3) is 5.56 Å². The predicted octanol–water partition coefficient (Wildman–Crippen LogP) is 1.35. The third-order valence-electron chi connectivity index (χ3n) is 3.65. The van der Waals surface area contributed by atoms with Gasteiger partial charge in [-0.3, -0.25) is 19.4 Å². The van der Waals surface area contributed by atoms with Crippen LogP contribution in [0.1, 0.15) is 27.2 Å². The van der Waals surface area contributed by atoms with Gasteiger partial charge in [0.15, 0.2) is 17.3 Å². The molecule has 0 saturated carbocycles. The van der Waals surface area contributed by atoms with E-state index in [1.165, 1.54) is 18.5 Å². The van der Waals surface area contributed by atoms with Crippen LogP contribution in [-0.4, -0.2) is 64.9 Å². The smallest absolute Gasteiger partial charge is 0.313 e. The number of carbonyl (C=O) groups excluding carboxylic acids is 2. The van der Waals surface area contributed by atoms with Gasteiger partial charge < -0.3 is 15.0 Å². The maximum atomic E-state index is 12.4. The summed E-state index contributed by atoms with van der Waals surface area (Å²) >= 11 is 0. The summed E-state index contributed by atoms with van der Waals surface area (Å²) in [5, 5.41) is 3.14. The zero-order chi connectivity index (χ0) is 20.9. The molecular weight excluding hydrogens is 364 g/mol. The van der Waals surface area contributed by atoms with E-state index in [1.54, 1.807) is 25.9 Å². The molecule has 28 heavy (non-hydrogen) atoms. The van der Waals surface area contributed by atoms with Crippen molar-refractivity contribution in [2.45, 2.75) is 32.7 Å². The zero-order valence-corrected chi connectivity index (χ0v) is 16.6. The van der Waals surface area contributed by atoms with E-state index >= 15 is 0 Å². The van der Waals surface area contributed by atoms with Gasteiger partial charge in [0, 0.05) is 14.1 Å². The summed E-state index contributed by atoms with van der Waals surface area (Å²) < 4.78 is 4.75. The summed E-state index contributed by atoms with van der Waals surface area (Å²) in [7, 11) is 3.60. The van der Waals surface area contributed by atoms with Crippen molar-refractivity contribution in [3.8, 4) is 0 Å². The molecule has 1 aliphatic heterocycles. The molecule has 0 fully saturated rings. The second-order valence-electron chi connectivity index (χ2n) is 6.82. The highest BCUT2D eigenvalue weighted by molar-refractivity contribution is 6.12. The minimum absolute atomic E-state index is 0.0978. The predicted molar refractivity (Wildman–Crippen MR) is 107 cm³/mol. The first-order valence-electron chi connectivity index (χ1n) is 8.71.